The van der Waals surface area contributed by atoms with E-state index in [1.807, 2.05) is 18.2 Å². The molecule has 6 heteroatoms. The molecule has 0 fully saturated rings. The maximum absolute atomic E-state index is 16.6. The lowest BCUT2D eigenvalue weighted by Gasteiger charge is -2.43. The Morgan fingerprint density at radius 2 is 1.16 bits per heavy atom. The summed E-state index contributed by atoms with van der Waals surface area (Å²) < 4.78 is 26.1. The molecule has 0 saturated carbocycles. The number of nitrogens with zero attached hydrogens (tertiary/aromatic N) is 3. The Morgan fingerprint density at radius 1 is 0.545 bits per heavy atom. The number of hydrogen-bond donors (Lipinski definition) is 0. The van der Waals surface area contributed by atoms with Gasteiger partial charge in [0.05, 0.1) is 33.8 Å². The molecule has 0 radical (unpaired) electrons. The molecule has 55 heavy (non-hydrogen) atoms. The van der Waals surface area contributed by atoms with Crippen LogP contribution >= 0.6 is 0 Å². The van der Waals surface area contributed by atoms with Crippen molar-refractivity contribution in [3.8, 4) is 5.69 Å². The highest BCUT2D eigenvalue weighted by Crippen LogP contribution is 2.50. The zero-order valence-electron chi connectivity index (χ0n) is 31.1. The molecule has 0 unspecified atom stereocenters. The predicted molar refractivity (Wildman–Crippen MR) is 228 cm³/mol. The quantitative estimate of drug-likeness (QED) is 0.170. The normalized spacial score (nSPS) is 13.4. The average Bonchev–Trinajstić information content (AvgIpc) is 3.75. The second-order valence-electron chi connectivity index (χ2n) is 15.9. The number of fused-ring (bicyclic) bond motifs is 10. The van der Waals surface area contributed by atoms with E-state index in [1.54, 1.807) is 12.1 Å². The summed E-state index contributed by atoms with van der Waals surface area (Å²) in [5.41, 5.74) is 15.0. The maximum atomic E-state index is 16.6. The maximum Gasteiger partial charge on any atom is 0.297 e. The Bertz CT molecular complexity index is 3030. The molecular weight excluding hydrogens is 676 g/mol. The van der Waals surface area contributed by atoms with Crippen LogP contribution in [0.4, 0.5) is 38.5 Å². The van der Waals surface area contributed by atoms with Crippen LogP contribution in [0, 0.1) is 12.7 Å². The summed E-state index contributed by atoms with van der Waals surface area (Å²) in [7, 11) is 0. The summed E-state index contributed by atoms with van der Waals surface area (Å²) in [4.78, 5) is 4.55. The summed E-state index contributed by atoms with van der Waals surface area (Å²) in [6.07, 6.45) is 0. The van der Waals surface area contributed by atoms with Crippen molar-refractivity contribution in [3.63, 3.8) is 0 Å². The number of anilines is 6. The van der Waals surface area contributed by atoms with Gasteiger partial charge in [0.1, 0.15) is 11.4 Å². The van der Waals surface area contributed by atoms with Crippen LogP contribution in [0.15, 0.2) is 156 Å². The Hall–Kier alpha value is -6.53. The van der Waals surface area contributed by atoms with Crippen molar-refractivity contribution in [2.45, 2.75) is 33.1 Å². The lowest BCUT2D eigenvalue weighted by molar-refractivity contribution is 0.594. The van der Waals surface area contributed by atoms with Crippen LogP contribution in [0.2, 0.25) is 0 Å². The summed E-state index contributed by atoms with van der Waals surface area (Å²) in [5, 5.41) is 3.34. The molecular formula is C49H37BFN3O. The first kappa shape index (κ1) is 32.0. The highest BCUT2D eigenvalue weighted by atomic mass is 19.1. The van der Waals surface area contributed by atoms with Gasteiger partial charge in [0, 0.05) is 38.9 Å². The van der Waals surface area contributed by atoms with Crippen molar-refractivity contribution in [1.82, 2.24) is 4.57 Å². The van der Waals surface area contributed by atoms with Crippen LogP contribution in [0.5, 0.6) is 0 Å². The van der Waals surface area contributed by atoms with Gasteiger partial charge in [-0.05, 0) is 89.0 Å². The molecule has 0 atom stereocenters. The fourth-order valence-electron chi connectivity index (χ4n) is 9.38. The summed E-state index contributed by atoms with van der Waals surface area (Å²) in [6.45, 7) is 8.72. The number of benzene rings is 7. The number of para-hydroxylation sites is 5. The summed E-state index contributed by atoms with van der Waals surface area (Å²) in [5.74, 6) is -0.282. The zero-order chi connectivity index (χ0) is 37.2. The van der Waals surface area contributed by atoms with E-state index in [2.05, 4.69) is 163 Å². The Kier molecular flexibility index (Phi) is 6.67. The molecule has 4 nitrogen and oxygen atoms in total. The van der Waals surface area contributed by atoms with Gasteiger partial charge in [-0.3, -0.25) is 0 Å². The predicted octanol–water partition coefficient (Wildman–Crippen LogP) is 11.4. The lowest BCUT2D eigenvalue weighted by Crippen LogP contribution is -2.61. The Labute approximate surface area is 319 Å². The fourth-order valence-corrected chi connectivity index (χ4v) is 9.38. The van der Waals surface area contributed by atoms with Gasteiger partial charge in [0.2, 0.25) is 0 Å². The molecule has 0 bridgehead atoms. The van der Waals surface area contributed by atoms with Crippen molar-refractivity contribution in [1.29, 1.82) is 0 Å². The average molecular weight is 714 g/mol. The van der Waals surface area contributed by atoms with Crippen molar-refractivity contribution in [2.24, 2.45) is 0 Å². The van der Waals surface area contributed by atoms with E-state index in [9.17, 15) is 0 Å². The van der Waals surface area contributed by atoms with Gasteiger partial charge in [0.15, 0.2) is 0 Å². The highest BCUT2D eigenvalue weighted by Gasteiger charge is 2.48. The van der Waals surface area contributed by atoms with Gasteiger partial charge in [-0.2, -0.15) is 0 Å². The van der Waals surface area contributed by atoms with Crippen LogP contribution in [-0.4, -0.2) is 11.3 Å². The number of aromatic nitrogens is 1. The van der Waals surface area contributed by atoms with Gasteiger partial charge in [0.25, 0.3) is 6.71 Å². The smallest absolute Gasteiger partial charge is 0.297 e. The Balaban J connectivity index is 1.35. The van der Waals surface area contributed by atoms with Crippen molar-refractivity contribution in [2.75, 3.05) is 9.80 Å². The number of hydrogen-bond acceptors (Lipinski definition) is 3. The molecule has 0 amide bonds. The first-order chi connectivity index (χ1) is 26.8. The van der Waals surface area contributed by atoms with Crippen LogP contribution in [0.25, 0.3) is 38.5 Å². The first-order valence-corrected chi connectivity index (χ1v) is 19.0. The summed E-state index contributed by atoms with van der Waals surface area (Å²) in [6, 6.07) is 52.4. The van der Waals surface area contributed by atoms with E-state index < -0.39 is 0 Å². The van der Waals surface area contributed by atoms with E-state index in [-0.39, 0.29) is 17.9 Å². The SMILES string of the molecule is Cc1ccccc1N1c2cccc3c2B(c2ccc4c5cccc(C(C)(C)C)c5n(-c5ccccc5)c4c2N3c2ccccc2F)c2oc3ccccc3c21. The van der Waals surface area contributed by atoms with Crippen LogP contribution in [-0.2, 0) is 5.41 Å². The number of furan rings is 1. The molecule has 11 rings (SSSR count). The molecule has 0 saturated heterocycles. The molecule has 2 aromatic heterocycles. The molecule has 7 aromatic carbocycles. The number of halogens is 1. The number of aryl methyl sites for hydroxylation is 1. The molecule has 4 heterocycles. The van der Waals surface area contributed by atoms with E-state index in [0.717, 1.165) is 83.7 Å². The highest BCUT2D eigenvalue weighted by molar-refractivity contribution is 7.00. The molecule has 9 aromatic rings. The monoisotopic (exact) mass is 713 g/mol. The summed E-state index contributed by atoms with van der Waals surface area (Å²) >= 11 is 0. The van der Waals surface area contributed by atoms with Gasteiger partial charge >= 0.3 is 0 Å². The van der Waals surface area contributed by atoms with Crippen molar-refractivity contribution >= 4 is 90.2 Å². The number of rotatable bonds is 3. The van der Waals surface area contributed by atoms with Crippen LogP contribution in [0.3, 0.4) is 0 Å². The van der Waals surface area contributed by atoms with Gasteiger partial charge in [-0.1, -0.05) is 118 Å². The van der Waals surface area contributed by atoms with Crippen LogP contribution in [0.1, 0.15) is 31.9 Å². The molecule has 0 spiro atoms. The lowest BCUT2D eigenvalue weighted by atomic mass is 9.35. The minimum atomic E-state index is -0.282. The third kappa shape index (κ3) is 4.39. The third-order valence-corrected chi connectivity index (χ3v) is 11.7. The van der Waals surface area contributed by atoms with E-state index in [1.165, 1.54) is 10.9 Å². The van der Waals surface area contributed by atoms with Gasteiger partial charge < -0.3 is 18.8 Å². The largest absolute Gasteiger partial charge is 0.468 e. The Morgan fingerprint density at radius 3 is 1.93 bits per heavy atom. The van der Waals surface area contributed by atoms with Gasteiger partial charge in [-0.15, -0.1) is 0 Å². The van der Waals surface area contributed by atoms with Crippen LogP contribution < -0.4 is 26.4 Å². The topological polar surface area (TPSA) is 24.6 Å². The molecule has 0 aliphatic carbocycles. The standard InChI is InChI=1S/C49H37BFN3O/c1-30-16-8-11-23-38(30)53-40-25-15-26-41-43(40)50(48-46(53)34-19-9-13-27-42(34)55-48)36-29-28-33-32-20-14-21-35(49(2,3)4)44(32)52(31-17-6-5-7-18-31)45(33)47(36)54(41)39-24-12-10-22-37(39)51/h5-29H,1-4H3. The molecule has 2 aliphatic heterocycles. The second kappa shape index (κ2) is 11.5. The van der Waals surface area contributed by atoms with Crippen molar-refractivity contribution in [3.05, 3.63) is 169 Å². The first-order valence-electron chi connectivity index (χ1n) is 19.0. The third-order valence-electron chi connectivity index (χ3n) is 11.7. The molecule has 264 valence electrons. The second-order valence-corrected chi connectivity index (χ2v) is 15.9. The molecule has 2 aliphatic rings. The van der Waals surface area contributed by atoms with E-state index in [0.29, 0.717) is 5.69 Å². The van der Waals surface area contributed by atoms with E-state index in [4.69, 9.17) is 4.42 Å². The van der Waals surface area contributed by atoms with Crippen molar-refractivity contribution < 1.29 is 8.81 Å². The minimum Gasteiger partial charge on any atom is -0.468 e. The zero-order valence-corrected chi connectivity index (χ0v) is 31.1. The minimum absolute atomic E-state index is 0.140. The molecule has 0 N–H and O–H groups in total. The van der Waals surface area contributed by atoms with Gasteiger partial charge in [-0.25, -0.2) is 4.39 Å². The fraction of sp³-hybridized carbons (Fsp3) is 0.102. The van der Waals surface area contributed by atoms with E-state index >= 15 is 4.39 Å².